The Balaban J connectivity index is 1.77. The van der Waals surface area contributed by atoms with E-state index in [0.717, 1.165) is 22.9 Å². The predicted octanol–water partition coefficient (Wildman–Crippen LogP) is 3.14. The third-order valence-corrected chi connectivity index (χ3v) is 3.12. The minimum Gasteiger partial charge on any atom is -0.497 e. The molecule has 0 fully saturated rings. The van der Waals surface area contributed by atoms with Crippen LogP contribution in [0.1, 0.15) is 6.42 Å². The number of carbonyl (C=O) groups is 1. The lowest BCUT2D eigenvalue weighted by Gasteiger charge is -2.09. The average Bonchev–Trinajstić information content (AvgIpc) is 2.56. The quantitative estimate of drug-likeness (QED) is 0.824. The van der Waals surface area contributed by atoms with E-state index in [9.17, 15) is 4.79 Å². The molecule has 0 spiro atoms. The summed E-state index contributed by atoms with van der Waals surface area (Å²) in [6.07, 6.45) is 0.378. The fourth-order valence-electron chi connectivity index (χ4n) is 1.95. The summed E-state index contributed by atoms with van der Waals surface area (Å²) in [5.74, 6) is 1.51. The molecule has 0 unspecified atom stereocenters. The molecule has 22 heavy (non-hydrogen) atoms. The summed E-state index contributed by atoms with van der Waals surface area (Å²) in [7, 11) is 3.24. The smallest absolute Gasteiger partial charge is 0.226 e. The van der Waals surface area contributed by atoms with Gasteiger partial charge in [0.05, 0.1) is 14.2 Å². The second-order valence-corrected chi connectivity index (χ2v) is 4.69. The number of carbonyl (C=O) groups excluding carboxylic acids is 1. The van der Waals surface area contributed by atoms with Crippen LogP contribution in [-0.2, 0) is 4.79 Å². The van der Waals surface area contributed by atoms with Gasteiger partial charge in [0.2, 0.25) is 5.91 Å². The van der Waals surface area contributed by atoms with Crippen LogP contribution in [0.2, 0.25) is 0 Å². The van der Waals surface area contributed by atoms with Crippen molar-refractivity contribution in [2.75, 3.05) is 31.4 Å². The highest BCUT2D eigenvalue weighted by molar-refractivity contribution is 5.91. The van der Waals surface area contributed by atoms with E-state index in [0.29, 0.717) is 13.0 Å². The number of hydrogen-bond donors (Lipinski definition) is 2. The summed E-state index contributed by atoms with van der Waals surface area (Å²) in [6, 6.07) is 14.8. The standard InChI is InChI=1S/C17H20N2O3/c1-21-15-8-6-13(7-9-15)19-17(20)10-11-18-14-4-3-5-16(12-14)22-2/h3-9,12,18H,10-11H2,1-2H3,(H,19,20). The molecule has 0 radical (unpaired) electrons. The van der Waals surface area contributed by atoms with Gasteiger partial charge in [0.25, 0.3) is 0 Å². The molecule has 0 bridgehead atoms. The van der Waals surface area contributed by atoms with Crippen molar-refractivity contribution in [2.45, 2.75) is 6.42 Å². The maximum Gasteiger partial charge on any atom is 0.226 e. The van der Waals surface area contributed by atoms with Crippen LogP contribution in [0.25, 0.3) is 0 Å². The highest BCUT2D eigenvalue weighted by atomic mass is 16.5. The fourth-order valence-corrected chi connectivity index (χ4v) is 1.95. The number of amides is 1. The molecule has 0 saturated carbocycles. The van der Waals surface area contributed by atoms with E-state index in [1.807, 2.05) is 48.5 Å². The van der Waals surface area contributed by atoms with Gasteiger partial charge in [0, 0.05) is 30.4 Å². The molecule has 5 nitrogen and oxygen atoms in total. The van der Waals surface area contributed by atoms with E-state index in [-0.39, 0.29) is 5.91 Å². The van der Waals surface area contributed by atoms with Crippen LogP contribution in [0.15, 0.2) is 48.5 Å². The fraction of sp³-hybridized carbons (Fsp3) is 0.235. The lowest BCUT2D eigenvalue weighted by molar-refractivity contribution is -0.115. The van der Waals surface area contributed by atoms with E-state index in [2.05, 4.69) is 10.6 Å². The van der Waals surface area contributed by atoms with Crippen LogP contribution >= 0.6 is 0 Å². The lowest BCUT2D eigenvalue weighted by Crippen LogP contribution is -2.16. The SMILES string of the molecule is COc1ccc(NC(=O)CCNc2cccc(OC)c2)cc1. The first-order chi connectivity index (χ1) is 10.7. The van der Waals surface area contributed by atoms with Crippen molar-refractivity contribution < 1.29 is 14.3 Å². The Kier molecular flexibility index (Phi) is 5.65. The number of ether oxygens (including phenoxy) is 2. The maximum absolute atomic E-state index is 11.9. The summed E-state index contributed by atoms with van der Waals surface area (Å²) in [5, 5.41) is 6.04. The van der Waals surface area contributed by atoms with E-state index in [4.69, 9.17) is 9.47 Å². The Bertz CT molecular complexity index is 612. The Morgan fingerprint density at radius 3 is 2.36 bits per heavy atom. The lowest BCUT2D eigenvalue weighted by atomic mass is 10.2. The van der Waals surface area contributed by atoms with Crippen molar-refractivity contribution in [3.05, 3.63) is 48.5 Å². The first-order valence-corrected chi connectivity index (χ1v) is 7.03. The van der Waals surface area contributed by atoms with Crippen LogP contribution in [0, 0.1) is 0 Å². The molecule has 0 aliphatic rings. The third-order valence-electron chi connectivity index (χ3n) is 3.12. The van der Waals surface area contributed by atoms with Gasteiger partial charge in [-0.3, -0.25) is 4.79 Å². The highest BCUT2D eigenvalue weighted by Gasteiger charge is 2.03. The van der Waals surface area contributed by atoms with Crippen molar-refractivity contribution >= 4 is 17.3 Å². The average molecular weight is 300 g/mol. The number of anilines is 2. The van der Waals surface area contributed by atoms with Gasteiger partial charge in [0.1, 0.15) is 11.5 Å². The van der Waals surface area contributed by atoms with Crippen LogP contribution in [-0.4, -0.2) is 26.7 Å². The molecule has 116 valence electrons. The van der Waals surface area contributed by atoms with Crippen molar-refractivity contribution in [1.82, 2.24) is 0 Å². The van der Waals surface area contributed by atoms with Gasteiger partial charge in [-0.15, -0.1) is 0 Å². The van der Waals surface area contributed by atoms with Gasteiger partial charge in [-0.1, -0.05) is 6.07 Å². The summed E-state index contributed by atoms with van der Waals surface area (Å²) in [5.41, 5.74) is 1.68. The Labute approximate surface area is 130 Å². The molecule has 2 aromatic rings. The molecule has 2 aromatic carbocycles. The normalized spacial score (nSPS) is 9.91. The van der Waals surface area contributed by atoms with E-state index >= 15 is 0 Å². The molecule has 2 rings (SSSR count). The number of benzene rings is 2. The van der Waals surface area contributed by atoms with Gasteiger partial charge in [-0.25, -0.2) is 0 Å². The molecule has 0 aromatic heterocycles. The molecule has 0 aliphatic heterocycles. The summed E-state index contributed by atoms with van der Waals surface area (Å²) >= 11 is 0. The van der Waals surface area contributed by atoms with Crippen molar-refractivity contribution in [3.8, 4) is 11.5 Å². The molecular formula is C17H20N2O3. The van der Waals surface area contributed by atoms with E-state index in [1.54, 1.807) is 14.2 Å². The molecule has 0 atom stereocenters. The van der Waals surface area contributed by atoms with Gasteiger partial charge in [-0.05, 0) is 36.4 Å². The second kappa shape index (κ2) is 7.93. The number of hydrogen-bond acceptors (Lipinski definition) is 4. The van der Waals surface area contributed by atoms with Gasteiger partial charge in [-0.2, -0.15) is 0 Å². The third kappa shape index (κ3) is 4.70. The largest absolute Gasteiger partial charge is 0.497 e. The molecule has 0 saturated heterocycles. The highest BCUT2D eigenvalue weighted by Crippen LogP contribution is 2.17. The zero-order valence-corrected chi connectivity index (χ0v) is 12.8. The molecule has 1 amide bonds. The Morgan fingerprint density at radius 2 is 1.68 bits per heavy atom. The number of methoxy groups -OCH3 is 2. The molecule has 5 heteroatoms. The zero-order valence-electron chi connectivity index (χ0n) is 12.8. The minimum atomic E-state index is -0.0411. The molecular weight excluding hydrogens is 280 g/mol. The minimum absolute atomic E-state index is 0.0411. The number of rotatable bonds is 7. The first-order valence-electron chi connectivity index (χ1n) is 7.03. The predicted molar refractivity (Wildman–Crippen MR) is 87.7 cm³/mol. The summed E-state index contributed by atoms with van der Waals surface area (Å²) in [6.45, 7) is 0.551. The van der Waals surface area contributed by atoms with E-state index in [1.165, 1.54) is 0 Å². The Morgan fingerprint density at radius 1 is 0.955 bits per heavy atom. The maximum atomic E-state index is 11.9. The van der Waals surface area contributed by atoms with Crippen molar-refractivity contribution in [1.29, 1.82) is 0 Å². The second-order valence-electron chi connectivity index (χ2n) is 4.69. The zero-order chi connectivity index (χ0) is 15.8. The molecule has 0 aliphatic carbocycles. The van der Waals surface area contributed by atoms with Crippen LogP contribution in [0.4, 0.5) is 11.4 Å². The Hall–Kier alpha value is -2.69. The first kappa shape index (κ1) is 15.7. The van der Waals surface area contributed by atoms with Crippen molar-refractivity contribution in [3.63, 3.8) is 0 Å². The van der Waals surface area contributed by atoms with Crippen LogP contribution in [0.3, 0.4) is 0 Å². The van der Waals surface area contributed by atoms with Gasteiger partial charge in [0.15, 0.2) is 0 Å². The van der Waals surface area contributed by atoms with Crippen LogP contribution < -0.4 is 20.1 Å². The molecule has 2 N–H and O–H groups in total. The van der Waals surface area contributed by atoms with Gasteiger partial charge < -0.3 is 20.1 Å². The van der Waals surface area contributed by atoms with Crippen LogP contribution in [0.5, 0.6) is 11.5 Å². The van der Waals surface area contributed by atoms with Crippen molar-refractivity contribution in [2.24, 2.45) is 0 Å². The van der Waals surface area contributed by atoms with Gasteiger partial charge >= 0.3 is 0 Å². The monoisotopic (exact) mass is 300 g/mol. The molecule has 0 heterocycles. The summed E-state index contributed by atoms with van der Waals surface area (Å²) < 4.78 is 10.2. The topological polar surface area (TPSA) is 59.6 Å². The van der Waals surface area contributed by atoms with E-state index < -0.39 is 0 Å². The summed E-state index contributed by atoms with van der Waals surface area (Å²) in [4.78, 5) is 11.9. The number of nitrogens with one attached hydrogen (secondary N) is 2.